The molecule has 1 aliphatic heterocycles. The molecule has 9 heteroatoms. The Kier molecular flexibility index (Phi) is 5.77. The predicted molar refractivity (Wildman–Crippen MR) is 101 cm³/mol. The Balaban J connectivity index is 1.86. The van der Waals surface area contributed by atoms with Crippen LogP contribution in [0.5, 0.6) is 0 Å². The number of hydrogen-bond donors (Lipinski definition) is 1. The number of para-hydroxylation sites is 1. The van der Waals surface area contributed by atoms with Gasteiger partial charge in [0.15, 0.2) is 5.92 Å². The average Bonchev–Trinajstić information content (AvgIpc) is 2.69. The molecule has 0 saturated carbocycles. The fourth-order valence-corrected chi connectivity index (χ4v) is 2.67. The molecule has 1 N–H and O–H groups in total. The van der Waals surface area contributed by atoms with E-state index in [-0.39, 0.29) is 17.9 Å². The van der Waals surface area contributed by atoms with Crippen LogP contribution in [-0.2, 0) is 14.3 Å². The zero-order valence-electron chi connectivity index (χ0n) is 15.3. The van der Waals surface area contributed by atoms with E-state index in [2.05, 4.69) is 4.99 Å². The Morgan fingerprint density at radius 2 is 1.97 bits per heavy atom. The minimum atomic E-state index is -1.45. The quantitative estimate of drug-likeness (QED) is 0.474. The van der Waals surface area contributed by atoms with Gasteiger partial charge in [-0.3, -0.25) is 19.9 Å². The molecule has 0 unspecified atom stereocenters. The van der Waals surface area contributed by atoms with Gasteiger partial charge in [-0.05, 0) is 37.3 Å². The second-order valence-electron chi connectivity index (χ2n) is 5.95. The van der Waals surface area contributed by atoms with Crippen molar-refractivity contribution in [1.29, 1.82) is 0 Å². The number of imide groups is 2. The third-order valence-corrected chi connectivity index (χ3v) is 4.03. The van der Waals surface area contributed by atoms with E-state index in [1.165, 1.54) is 30.3 Å². The van der Waals surface area contributed by atoms with Crippen LogP contribution in [0.1, 0.15) is 17.3 Å². The zero-order chi connectivity index (χ0) is 21.0. The molecule has 1 saturated heterocycles. The lowest BCUT2D eigenvalue weighted by atomic mass is 10.1. The van der Waals surface area contributed by atoms with Crippen LogP contribution in [0.4, 0.5) is 20.6 Å². The number of urea groups is 1. The number of barbiturate groups is 1. The topological polar surface area (TPSA) is 105 Å². The molecule has 1 aliphatic rings. The van der Waals surface area contributed by atoms with Gasteiger partial charge in [-0.2, -0.15) is 0 Å². The fraction of sp³-hybridized carbons (Fsp3) is 0.150. The minimum absolute atomic E-state index is 0.211. The van der Waals surface area contributed by atoms with Gasteiger partial charge in [0.1, 0.15) is 5.82 Å². The fourth-order valence-electron chi connectivity index (χ4n) is 2.67. The van der Waals surface area contributed by atoms with Crippen LogP contribution >= 0.6 is 0 Å². The average molecular weight is 397 g/mol. The molecular formula is C20H16FN3O5. The first-order valence-corrected chi connectivity index (χ1v) is 8.67. The lowest BCUT2D eigenvalue weighted by molar-refractivity contribution is -0.131. The number of nitrogens with one attached hydrogen (secondary N) is 1. The molecule has 2 aromatic rings. The van der Waals surface area contributed by atoms with Gasteiger partial charge in [-0.1, -0.05) is 18.2 Å². The first kappa shape index (κ1) is 19.9. The number of halogens is 1. The highest BCUT2D eigenvalue weighted by Crippen LogP contribution is 2.24. The lowest BCUT2D eigenvalue weighted by Crippen LogP contribution is -2.58. The number of anilines is 1. The van der Waals surface area contributed by atoms with Gasteiger partial charge in [0.05, 0.1) is 23.5 Å². The molecule has 2 aromatic carbocycles. The Bertz CT molecular complexity index is 1020. The third kappa shape index (κ3) is 4.18. The Morgan fingerprint density at radius 3 is 2.69 bits per heavy atom. The second-order valence-corrected chi connectivity index (χ2v) is 5.95. The van der Waals surface area contributed by atoms with Crippen molar-refractivity contribution in [1.82, 2.24) is 5.32 Å². The van der Waals surface area contributed by atoms with Crippen molar-refractivity contribution in [3.8, 4) is 0 Å². The molecule has 29 heavy (non-hydrogen) atoms. The van der Waals surface area contributed by atoms with Crippen molar-refractivity contribution >= 4 is 41.4 Å². The third-order valence-electron chi connectivity index (χ3n) is 4.03. The first-order valence-electron chi connectivity index (χ1n) is 8.67. The summed E-state index contributed by atoms with van der Waals surface area (Å²) in [5.41, 5.74) is 0.278. The summed E-state index contributed by atoms with van der Waals surface area (Å²) in [7, 11) is 0. The van der Waals surface area contributed by atoms with E-state index in [1.807, 2.05) is 5.32 Å². The van der Waals surface area contributed by atoms with E-state index in [1.54, 1.807) is 19.1 Å². The standard InChI is InChI=1S/C20H16FN3O5/c1-2-29-19(27)12-6-5-7-13(10-12)22-11-14-17(25)23-20(28)24(18(14)26)16-9-4-3-8-15(16)21/h3-11,14H,2H2,1H3,(H,23,25,28)/t14-/m1/s1. The maximum absolute atomic E-state index is 14.0. The highest BCUT2D eigenvalue weighted by atomic mass is 19.1. The van der Waals surface area contributed by atoms with E-state index in [9.17, 15) is 23.6 Å². The number of amides is 4. The van der Waals surface area contributed by atoms with Gasteiger partial charge in [0.2, 0.25) is 5.91 Å². The summed E-state index contributed by atoms with van der Waals surface area (Å²) in [4.78, 5) is 53.3. The molecule has 0 radical (unpaired) electrons. The van der Waals surface area contributed by atoms with Crippen molar-refractivity contribution in [3.63, 3.8) is 0 Å². The van der Waals surface area contributed by atoms with Gasteiger partial charge in [-0.25, -0.2) is 18.9 Å². The summed E-state index contributed by atoms with van der Waals surface area (Å²) >= 11 is 0. The van der Waals surface area contributed by atoms with Crippen molar-refractivity contribution in [3.05, 3.63) is 59.9 Å². The number of carbonyl (C=O) groups is 4. The van der Waals surface area contributed by atoms with Gasteiger partial charge in [0, 0.05) is 6.21 Å². The molecule has 148 valence electrons. The number of carbonyl (C=O) groups excluding carboxylic acids is 4. The second kappa shape index (κ2) is 8.42. The van der Waals surface area contributed by atoms with E-state index in [0.717, 1.165) is 12.3 Å². The molecule has 1 heterocycles. The summed E-state index contributed by atoms with van der Waals surface area (Å²) in [5.74, 6) is -4.58. The largest absolute Gasteiger partial charge is 0.462 e. The van der Waals surface area contributed by atoms with Gasteiger partial charge >= 0.3 is 12.0 Å². The van der Waals surface area contributed by atoms with Gasteiger partial charge in [-0.15, -0.1) is 0 Å². The molecule has 1 atom stereocenters. The van der Waals surface area contributed by atoms with Gasteiger partial charge < -0.3 is 4.74 Å². The number of ether oxygens (including phenoxy) is 1. The molecule has 3 rings (SSSR count). The van der Waals surface area contributed by atoms with Gasteiger partial charge in [0.25, 0.3) is 5.91 Å². The summed E-state index contributed by atoms with van der Waals surface area (Å²) in [6.45, 7) is 1.89. The number of hydrogen-bond acceptors (Lipinski definition) is 6. The van der Waals surface area contributed by atoms with Crippen LogP contribution in [0.15, 0.2) is 53.5 Å². The van der Waals surface area contributed by atoms with E-state index < -0.39 is 35.5 Å². The Hall–Kier alpha value is -3.88. The molecular weight excluding hydrogens is 381 g/mol. The number of rotatable bonds is 5. The van der Waals surface area contributed by atoms with Crippen LogP contribution in [0, 0.1) is 11.7 Å². The molecule has 1 fully saturated rings. The smallest absolute Gasteiger partial charge is 0.338 e. The molecule has 8 nitrogen and oxygen atoms in total. The van der Waals surface area contributed by atoms with E-state index in [0.29, 0.717) is 10.6 Å². The molecule has 0 aliphatic carbocycles. The van der Waals surface area contributed by atoms with Crippen molar-refractivity contribution < 1.29 is 28.3 Å². The number of esters is 1. The van der Waals surface area contributed by atoms with Crippen LogP contribution in [0.25, 0.3) is 0 Å². The van der Waals surface area contributed by atoms with Crippen molar-refractivity contribution in [2.75, 3.05) is 11.5 Å². The van der Waals surface area contributed by atoms with Crippen molar-refractivity contribution in [2.24, 2.45) is 10.9 Å². The van der Waals surface area contributed by atoms with Crippen LogP contribution in [0.3, 0.4) is 0 Å². The minimum Gasteiger partial charge on any atom is -0.462 e. The number of nitrogens with zero attached hydrogens (tertiary/aromatic N) is 2. The highest BCUT2D eigenvalue weighted by molar-refractivity contribution is 6.32. The summed E-state index contributed by atoms with van der Waals surface area (Å²) in [6.07, 6.45) is 1.04. The number of aliphatic imine (C=N–C) groups is 1. The Morgan fingerprint density at radius 1 is 1.21 bits per heavy atom. The van der Waals surface area contributed by atoms with Crippen LogP contribution in [-0.4, -0.2) is 36.6 Å². The summed E-state index contributed by atoms with van der Waals surface area (Å²) in [5, 5.41) is 2.01. The predicted octanol–water partition coefficient (Wildman–Crippen LogP) is 2.60. The normalized spacial score (nSPS) is 16.8. The molecule has 0 bridgehead atoms. The summed E-state index contributed by atoms with van der Waals surface area (Å²) < 4.78 is 19.0. The SMILES string of the molecule is CCOC(=O)c1cccc(N=C[C@@H]2C(=O)NC(=O)N(c3ccccc3F)C2=O)c1. The zero-order valence-corrected chi connectivity index (χ0v) is 15.3. The monoisotopic (exact) mass is 397 g/mol. The first-order chi connectivity index (χ1) is 13.9. The Labute approximate surface area is 165 Å². The lowest BCUT2D eigenvalue weighted by Gasteiger charge is -2.28. The molecule has 0 spiro atoms. The highest BCUT2D eigenvalue weighted by Gasteiger charge is 2.41. The molecule has 4 amide bonds. The maximum Gasteiger partial charge on any atom is 0.338 e. The van der Waals surface area contributed by atoms with Crippen LogP contribution in [0.2, 0.25) is 0 Å². The molecule has 0 aromatic heterocycles. The van der Waals surface area contributed by atoms with Crippen LogP contribution < -0.4 is 10.2 Å². The maximum atomic E-state index is 14.0. The number of benzene rings is 2. The van der Waals surface area contributed by atoms with E-state index in [4.69, 9.17) is 4.74 Å². The summed E-state index contributed by atoms with van der Waals surface area (Å²) in [6, 6.07) is 10.3. The van der Waals surface area contributed by atoms with E-state index >= 15 is 0 Å². The van der Waals surface area contributed by atoms with Crippen molar-refractivity contribution in [2.45, 2.75) is 6.92 Å².